The molecule has 3 aromatic rings. The molecule has 0 N–H and O–H groups in total. The van der Waals surface area contributed by atoms with Crippen LogP contribution in [-0.4, -0.2) is 53.5 Å². The van der Waals surface area contributed by atoms with Gasteiger partial charge in [0, 0.05) is 31.0 Å². The van der Waals surface area contributed by atoms with Crippen LogP contribution >= 0.6 is 0 Å². The monoisotopic (exact) mass is 513 g/mol. The molecule has 11 heteroatoms. The van der Waals surface area contributed by atoms with E-state index in [9.17, 15) is 14.9 Å². The summed E-state index contributed by atoms with van der Waals surface area (Å²) in [6, 6.07) is 11.4. The van der Waals surface area contributed by atoms with Crippen molar-refractivity contribution in [1.29, 1.82) is 0 Å². The molecule has 11 nitrogen and oxygen atoms in total. The predicted octanol–water partition coefficient (Wildman–Crippen LogP) is 4.08. The Bertz CT molecular complexity index is 1230. The van der Waals surface area contributed by atoms with E-state index in [1.165, 1.54) is 0 Å². The first-order valence-electron chi connectivity index (χ1n) is 12.2. The zero-order valence-electron chi connectivity index (χ0n) is 21.1. The van der Waals surface area contributed by atoms with Gasteiger partial charge in [-0.15, -0.1) is 10.1 Å². The number of fused-ring (bicyclic) bond motifs is 3. The standard InChI is InChI=1S/C26H31N3O8/c1-17-18(2)28-13-12-20-23(34-16-15-33-3)25(36-21(30)11-7-8-14-35-29(31)32)22(19-9-5-4-6-10-19)37-24(20)26(28)27-17/h4-6,9-10,12-13,22-23,25H,7-8,11,14-16H2,1-3H3/t22-,23-,25+/m1/s1. The van der Waals surface area contributed by atoms with Crippen LogP contribution in [0.1, 0.15) is 54.0 Å². The molecule has 0 amide bonds. The number of methoxy groups -OCH3 is 1. The SMILES string of the molecule is COCCO[C@@H]1c2ccn3c(C)c(C)nc3c2O[C@H](c2ccccc2)[C@@H]1OC(=O)CCCCO[N+](=O)[O-]. The minimum Gasteiger partial charge on any atom is -0.477 e. The molecule has 0 bridgehead atoms. The van der Waals surface area contributed by atoms with E-state index in [0.29, 0.717) is 30.8 Å². The molecule has 0 fully saturated rings. The molecule has 3 heterocycles. The van der Waals surface area contributed by atoms with E-state index in [1.54, 1.807) is 7.11 Å². The summed E-state index contributed by atoms with van der Waals surface area (Å²) < 4.78 is 26.0. The molecule has 0 aliphatic carbocycles. The summed E-state index contributed by atoms with van der Waals surface area (Å²) in [6.45, 7) is 4.51. The lowest BCUT2D eigenvalue weighted by atomic mass is 9.92. The quantitative estimate of drug-likeness (QED) is 0.152. The smallest absolute Gasteiger partial charge is 0.306 e. The van der Waals surface area contributed by atoms with Crippen molar-refractivity contribution in [2.45, 2.75) is 51.4 Å². The summed E-state index contributed by atoms with van der Waals surface area (Å²) >= 11 is 0. The molecule has 0 radical (unpaired) electrons. The van der Waals surface area contributed by atoms with Crippen LogP contribution in [0.2, 0.25) is 0 Å². The van der Waals surface area contributed by atoms with Gasteiger partial charge in [-0.3, -0.25) is 4.79 Å². The van der Waals surface area contributed by atoms with Crippen LogP contribution in [0.3, 0.4) is 0 Å². The summed E-state index contributed by atoms with van der Waals surface area (Å²) in [7, 11) is 1.59. The third-order valence-electron chi connectivity index (χ3n) is 6.36. The number of hydrogen-bond acceptors (Lipinski definition) is 9. The van der Waals surface area contributed by atoms with Crippen molar-refractivity contribution in [3.05, 3.63) is 75.2 Å². The van der Waals surface area contributed by atoms with Gasteiger partial charge in [-0.25, -0.2) is 4.98 Å². The molecule has 0 saturated heterocycles. The highest BCUT2D eigenvalue weighted by molar-refractivity contribution is 5.70. The van der Waals surface area contributed by atoms with Crippen LogP contribution in [0.4, 0.5) is 0 Å². The molecule has 198 valence electrons. The van der Waals surface area contributed by atoms with Gasteiger partial charge in [-0.1, -0.05) is 30.3 Å². The van der Waals surface area contributed by atoms with Crippen molar-refractivity contribution < 1.29 is 33.7 Å². The number of carbonyl (C=O) groups is 1. The summed E-state index contributed by atoms with van der Waals surface area (Å²) in [5.41, 5.74) is 4.12. The minimum atomic E-state index is -0.846. The fraction of sp³-hybridized carbons (Fsp3) is 0.462. The number of rotatable bonds is 12. The number of carbonyl (C=O) groups excluding carboxylic acids is 1. The molecule has 3 atom stereocenters. The zero-order chi connectivity index (χ0) is 26.4. The average Bonchev–Trinajstić information content (AvgIpc) is 3.18. The second kappa shape index (κ2) is 12.0. The summed E-state index contributed by atoms with van der Waals surface area (Å²) in [4.78, 5) is 32.3. The number of unbranched alkanes of at least 4 members (excludes halogenated alkanes) is 1. The lowest BCUT2D eigenvalue weighted by molar-refractivity contribution is -0.757. The number of aryl methyl sites for hydroxylation is 2. The number of nitrogens with zero attached hydrogens (tertiary/aromatic N) is 3. The third-order valence-corrected chi connectivity index (χ3v) is 6.36. The van der Waals surface area contributed by atoms with Gasteiger partial charge in [-0.05, 0) is 38.3 Å². The highest BCUT2D eigenvalue weighted by Gasteiger charge is 2.44. The van der Waals surface area contributed by atoms with Crippen molar-refractivity contribution in [3.8, 4) is 5.75 Å². The van der Waals surface area contributed by atoms with Crippen molar-refractivity contribution in [3.63, 3.8) is 0 Å². The molecule has 1 aliphatic heterocycles. The Morgan fingerprint density at radius 3 is 2.65 bits per heavy atom. The fourth-order valence-corrected chi connectivity index (χ4v) is 4.39. The van der Waals surface area contributed by atoms with Crippen LogP contribution in [0.5, 0.6) is 5.75 Å². The maximum absolute atomic E-state index is 12.9. The van der Waals surface area contributed by atoms with Gasteiger partial charge in [0.05, 0.1) is 25.5 Å². The summed E-state index contributed by atoms with van der Waals surface area (Å²) in [6.07, 6.45) is 0.668. The maximum Gasteiger partial charge on any atom is 0.306 e. The van der Waals surface area contributed by atoms with E-state index in [-0.39, 0.29) is 19.6 Å². The van der Waals surface area contributed by atoms with E-state index in [1.807, 2.05) is 60.8 Å². The van der Waals surface area contributed by atoms with Gasteiger partial charge in [0.1, 0.15) is 6.10 Å². The van der Waals surface area contributed by atoms with Crippen LogP contribution in [0, 0.1) is 24.0 Å². The lowest BCUT2D eigenvalue weighted by Crippen LogP contribution is -2.40. The van der Waals surface area contributed by atoms with Crippen LogP contribution in [-0.2, 0) is 23.8 Å². The highest BCUT2D eigenvalue weighted by atomic mass is 16.9. The molecule has 1 aromatic carbocycles. The van der Waals surface area contributed by atoms with Gasteiger partial charge >= 0.3 is 5.97 Å². The molecule has 1 aliphatic rings. The van der Waals surface area contributed by atoms with Crippen molar-refractivity contribution >= 4 is 11.6 Å². The van der Waals surface area contributed by atoms with Gasteiger partial charge in [-0.2, -0.15) is 0 Å². The Balaban J connectivity index is 1.66. The lowest BCUT2D eigenvalue weighted by Gasteiger charge is -2.39. The first-order valence-corrected chi connectivity index (χ1v) is 12.2. The maximum atomic E-state index is 12.9. The number of ether oxygens (including phenoxy) is 4. The number of aromatic nitrogens is 2. The Kier molecular flexibility index (Phi) is 8.57. The Labute approximate surface area is 214 Å². The molecular formula is C26H31N3O8. The minimum absolute atomic E-state index is 0.0747. The molecule has 0 unspecified atom stereocenters. The van der Waals surface area contributed by atoms with E-state index in [0.717, 1.165) is 22.5 Å². The molecule has 37 heavy (non-hydrogen) atoms. The van der Waals surface area contributed by atoms with E-state index < -0.39 is 29.4 Å². The van der Waals surface area contributed by atoms with Crippen LogP contribution in [0.15, 0.2) is 42.6 Å². The van der Waals surface area contributed by atoms with Crippen LogP contribution in [0.25, 0.3) is 5.65 Å². The topological polar surface area (TPSA) is 124 Å². The normalized spacial score (nSPS) is 18.7. The number of hydrogen-bond donors (Lipinski definition) is 0. The van der Waals surface area contributed by atoms with Gasteiger partial charge < -0.3 is 28.2 Å². The number of esters is 1. The fourth-order valence-electron chi connectivity index (χ4n) is 4.39. The average molecular weight is 514 g/mol. The Morgan fingerprint density at radius 2 is 1.92 bits per heavy atom. The van der Waals surface area contributed by atoms with E-state index >= 15 is 0 Å². The number of imidazole rings is 1. The predicted molar refractivity (Wildman–Crippen MR) is 132 cm³/mol. The first-order chi connectivity index (χ1) is 17.9. The van der Waals surface area contributed by atoms with Crippen molar-refractivity contribution in [2.24, 2.45) is 0 Å². The molecule has 0 spiro atoms. The third kappa shape index (κ3) is 6.00. The Hall–Kier alpha value is -3.70. The molecule has 0 saturated carbocycles. The van der Waals surface area contributed by atoms with Gasteiger partial charge in [0.15, 0.2) is 23.6 Å². The van der Waals surface area contributed by atoms with E-state index in [2.05, 4.69) is 4.84 Å². The number of benzene rings is 1. The second-order valence-electron chi connectivity index (χ2n) is 8.78. The molecule has 2 aromatic heterocycles. The zero-order valence-corrected chi connectivity index (χ0v) is 21.1. The van der Waals surface area contributed by atoms with Gasteiger partial charge in [0.2, 0.25) is 0 Å². The number of pyridine rings is 1. The van der Waals surface area contributed by atoms with Crippen molar-refractivity contribution in [1.82, 2.24) is 9.38 Å². The molecular weight excluding hydrogens is 482 g/mol. The summed E-state index contributed by atoms with van der Waals surface area (Å²) in [5, 5.41) is 9.48. The molecule has 4 rings (SSSR count). The highest BCUT2D eigenvalue weighted by Crippen LogP contribution is 2.46. The van der Waals surface area contributed by atoms with Crippen LogP contribution < -0.4 is 4.74 Å². The largest absolute Gasteiger partial charge is 0.477 e. The van der Waals surface area contributed by atoms with E-state index in [4.69, 9.17) is 23.9 Å². The first kappa shape index (κ1) is 26.4. The summed E-state index contributed by atoms with van der Waals surface area (Å²) in [5.74, 6) is 0.132. The van der Waals surface area contributed by atoms with Crippen molar-refractivity contribution in [2.75, 3.05) is 26.9 Å². The second-order valence-corrected chi connectivity index (χ2v) is 8.78. The van der Waals surface area contributed by atoms with Gasteiger partial charge in [0.25, 0.3) is 5.09 Å². The Morgan fingerprint density at radius 1 is 1.14 bits per heavy atom.